The van der Waals surface area contributed by atoms with Crippen molar-refractivity contribution in [2.75, 3.05) is 47.1 Å². The van der Waals surface area contributed by atoms with Crippen LogP contribution in [-0.2, 0) is 16.0 Å². The molecule has 1 N–H and O–H groups in total. The van der Waals surface area contributed by atoms with Crippen LogP contribution < -0.4 is 10.1 Å². The summed E-state index contributed by atoms with van der Waals surface area (Å²) < 4.78 is 17.0. The normalized spacial score (nSPS) is 15.8. The number of methoxy groups -OCH3 is 1. The van der Waals surface area contributed by atoms with Crippen molar-refractivity contribution in [2.45, 2.75) is 52.2 Å². The molecule has 2 rings (SSSR count). The van der Waals surface area contributed by atoms with Crippen LogP contribution in [0.1, 0.15) is 45.1 Å². The summed E-state index contributed by atoms with van der Waals surface area (Å²) in [5, 5.41) is 3.51. The van der Waals surface area contributed by atoms with Gasteiger partial charge in [-0.15, -0.1) is 0 Å². The second-order valence-electron chi connectivity index (χ2n) is 7.94. The van der Waals surface area contributed by atoms with E-state index < -0.39 is 0 Å². The van der Waals surface area contributed by atoms with Gasteiger partial charge in [0.2, 0.25) is 0 Å². The molecule has 0 radical (unpaired) electrons. The maximum atomic E-state index is 6.01. The summed E-state index contributed by atoms with van der Waals surface area (Å²) in [6.45, 7) is 9.35. The molecule has 0 saturated carbocycles. The standard InChI is InChI=1S/C23H39N3O3/c1-19(2)12-17-29-22-9-6-5-8-20(22)18-25-23(24-3)26-13-10-21(11-14-26)28-16-7-15-27-4/h5-6,8-9,19,21H,7,10-18H2,1-4H3,(H,24,25). The van der Waals surface area contributed by atoms with Gasteiger partial charge < -0.3 is 24.4 Å². The highest BCUT2D eigenvalue weighted by Crippen LogP contribution is 2.19. The summed E-state index contributed by atoms with van der Waals surface area (Å²) >= 11 is 0. The summed E-state index contributed by atoms with van der Waals surface area (Å²) in [6.07, 6.45) is 4.42. The molecule has 0 amide bonds. The van der Waals surface area contributed by atoms with E-state index >= 15 is 0 Å². The van der Waals surface area contributed by atoms with Gasteiger partial charge in [-0.25, -0.2) is 0 Å². The summed E-state index contributed by atoms with van der Waals surface area (Å²) in [6, 6.07) is 8.25. The molecule has 0 atom stereocenters. The second-order valence-corrected chi connectivity index (χ2v) is 7.94. The molecule has 1 aliphatic heterocycles. The van der Waals surface area contributed by atoms with Gasteiger partial charge in [-0.2, -0.15) is 0 Å². The number of nitrogens with zero attached hydrogens (tertiary/aromatic N) is 2. The topological polar surface area (TPSA) is 55.3 Å². The van der Waals surface area contributed by atoms with E-state index in [2.05, 4.69) is 41.2 Å². The SMILES string of the molecule is CN=C(NCc1ccccc1OCCC(C)C)N1CCC(OCCCOC)CC1. The summed E-state index contributed by atoms with van der Waals surface area (Å²) in [5.41, 5.74) is 1.16. The van der Waals surface area contributed by atoms with Gasteiger partial charge in [-0.3, -0.25) is 4.99 Å². The van der Waals surface area contributed by atoms with Crippen LogP contribution in [0.5, 0.6) is 5.75 Å². The Balaban J connectivity index is 1.78. The highest BCUT2D eigenvalue weighted by molar-refractivity contribution is 5.80. The van der Waals surface area contributed by atoms with Gasteiger partial charge in [-0.05, 0) is 37.7 Å². The van der Waals surface area contributed by atoms with Crippen molar-refractivity contribution in [1.82, 2.24) is 10.2 Å². The third-order valence-electron chi connectivity index (χ3n) is 5.16. The van der Waals surface area contributed by atoms with Crippen LogP contribution in [0, 0.1) is 5.92 Å². The van der Waals surface area contributed by atoms with Crippen LogP contribution >= 0.6 is 0 Å². The zero-order valence-electron chi connectivity index (χ0n) is 18.7. The number of aliphatic imine (C=N–C) groups is 1. The Bertz CT molecular complexity index is 599. The number of hydrogen-bond acceptors (Lipinski definition) is 4. The zero-order chi connectivity index (χ0) is 20.9. The first-order valence-electron chi connectivity index (χ1n) is 10.9. The van der Waals surface area contributed by atoms with Crippen LogP contribution in [0.25, 0.3) is 0 Å². The molecule has 1 heterocycles. The first-order chi connectivity index (χ1) is 14.1. The smallest absolute Gasteiger partial charge is 0.193 e. The molecule has 1 fully saturated rings. The van der Waals surface area contributed by atoms with Crippen LogP contribution in [0.15, 0.2) is 29.3 Å². The lowest BCUT2D eigenvalue weighted by Gasteiger charge is -2.34. The first kappa shape index (κ1) is 23.5. The lowest BCUT2D eigenvalue weighted by molar-refractivity contribution is 0.00989. The molecule has 1 aromatic rings. The van der Waals surface area contributed by atoms with E-state index in [1.54, 1.807) is 7.11 Å². The third kappa shape index (κ3) is 8.62. The summed E-state index contributed by atoms with van der Waals surface area (Å²) in [5.74, 6) is 2.55. The molecule has 0 unspecified atom stereocenters. The highest BCUT2D eigenvalue weighted by Gasteiger charge is 2.22. The fourth-order valence-corrected chi connectivity index (χ4v) is 3.39. The molecular weight excluding hydrogens is 366 g/mol. The molecule has 1 aliphatic rings. The Labute approximate surface area is 176 Å². The van der Waals surface area contributed by atoms with E-state index in [1.165, 1.54) is 0 Å². The molecule has 1 saturated heterocycles. The largest absolute Gasteiger partial charge is 0.493 e. The molecule has 6 nitrogen and oxygen atoms in total. The minimum absolute atomic E-state index is 0.344. The van der Waals surface area contributed by atoms with Crippen molar-refractivity contribution < 1.29 is 14.2 Å². The Morgan fingerprint density at radius 3 is 2.62 bits per heavy atom. The van der Waals surface area contributed by atoms with Crippen LogP contribution in [0.4, 0.5) is 0 Å². The number of hydrogen-bond donors (Lipinski definition) is 1. The van der Waals surface area contributed by atoms with E-state index in [0.717, 1.165) is 75.9 Å². The van der Waals surface area contributed by atoms with E-state index in [9.17, 15) is 0 Å². The Morgan fingerprint density at radius 2 is 1.93 bits per heavy atom. The number of ether oxygens (including phenoxy) is 3. The van der Waals surface area contributed by atoms with Gasteiger partial charge in [0, 0.05) is 52.6 Å². The number of nitrogens with one attached hydrogen (secondary N) is 1. The molecule has 0 bridgehead atoms. The number of para-hydroxylation sites is 1. The Hall–Kier alpha value is -1.79. The minimum Gasteiger partial charge on any atom is -0.493 e. The van der Waals surface area contributed by atoms with Crippen LogP contribution in [0.2, 0.25) is 0 Å². The fraction of sp³-hybridized carbons (Fsp3) is 0.696. The fourth-order valence-electron chi connectivity index (χ4n) is 3.39. The quantitative estimate of drug-likeness (QED) is 0.346. The van der Waals surface area contributed by atoms with Gasteiger partial charge in [0.1, 0.15) is 5.75 Å². The van der Waals surface area contributed by atoms with Gasteiger partial charge in [0.25, 0.3) is 0 Å². The van der Waals surface area contributed by atoms with Crippen molar-refractivity contribution >= 4 is 5.96 Å². The molecule has 0 aliphatic carbocycles. The number of benzene rings is 1. The zero-order valence-corrected chi connectivity index (χ0v) is 18.7. The number of guanidine groups is 1. The molecule has 29 heavy (non-hydrogen) atoms. The third-order valence-corrected chi connectivity index (χ3v) is 5.16. The molecular formula is C23H39N3O3. The van der Waals surface area contributed by atoms with Crippen molar-refractivity contribution in [2.24, 2.45) is 10.9 Å². The second kappa shape index (κ2) is 13.4. The Morgan fingerprint density at radius 1 is 1.17 bits per heavy atom. The first-order valence-corrected chi connectivity index (χ1v) is 10.9. The maximum Gasteiger partial charge on any atom is 0.193 e. The molecule has 1 aromatic carbocycles. The van der Waals surface area contributed by atoms with E-state index in [0.29, 0.717) is 18.6 Å². The van der Waals surface area contributed by atoms with Gasteiger partial charge in [0.15, 0.2) is 5.96 Å². The summed E-state index contributed by atoms with van der Waals surface area (Å²) in [7, 11) is 3.58. The number of piperidine rings is 1. The van der Waals surface area contributed by atoms with Gasteiger partial charge in [-0.1, -0.05) is 32.0 Å². The van der Waals surface area contributed by atoms with E-state index in [-0.39, 0.29) is 0 Å². The van der Waals surface area contributed by atoms with Crippen molar-refractivity contribution in [3.8, 4) is 5.75 Å². The minimum atomic E-state index is 0.344. The maximum absolute atomic E-state index is 6.01. The van der Waals surface area contributed by atoms with Crippen molar-refractivity contribution in [3.05, 3.63) is 29.8 Å². The average Bonchev–Trinajstić information content (AvgIpc) is 2.73. The Kier molecular flexibility index (Phi) is 10.9. The highest BCUT2D eigenvalue weighted by atomic mass is 16.5. The van der Waals surface area contributed by atoms with Crippen molar-refractivity contribution in [1.29, 1.82) is 0 Å². The van der Waals surface area contributed by atoms with E-state index in [4.69, 9.17) is 14.2 Å². The predicted molar refractivity (Wildman–Crippen MR) is 119 cm³/mol. The van der Waals surface area contributed by atoms with Crippen LogP contribution in [-0.4, -0.2) is 64.0 Å². The predicted octanol–water partition coefficient (Wildman–Crippen LogP) is 3.70. The molecule has 0 aromatic heterocycles. The molecule has 164 valence electrons. The number of rotatable bonds is 11. The van der Waals surface area contributed by atoms with Gasteiger partial charge >= 0.3 is 0 Å². The average molecular weight is 406 g/mol. The lowest BCUT2D eigenvalue weighted by Crippen LogP contribution is -2.46. The number of likely N-dealkylation sites (tertiary alicyclic amines) is 1. The lowest BCUT2D eigenvalue weighted by atomic mass is 10.1. The van der Waals surface area contributed by atoms with Crippen LogP contribution in [0.3, 0.4) is 0 Å². The monoisotopic (exact) mass is 405 g/mol. The molecule has 0 spiro atoms. The summed E-state index contributed by atoms with van der Waals surface area (Å²) in [4.78, 5) is 6.80. The van der Waals surface area contributed by atoms with E-state index in [1.807, 2.05) is 19.2 Å². The van der Waals surface area contributed by atoms with Gasteiger partial charge in [0.05, 0.1) is 12.7 Å². The van der Waals surface area contributed by atoms with Crippen molar-refractivity contribution in [3.63, 3.8) is 0 Å². The molecule has 6 heteroatoms.